The minimum Gasteiger partial charge on any atom is -0.494 e. The number of aliphatic imine (C=N–C) groups is 1. The van der Waals surface area contributed by atoms with E-state index in [4.69, 9.17) is 9.47 Å². The molecule has 0 spiro atoms. The Bertz CT molecular complexity index is 630. The van der Waals surface area contributed by atoms with Crippen LogP contribution in [0.3, 0.4) is 0 Å². The molecule has 0 aliphatic carbocycles. The number of halogens is 1. The third kappa shape index (κ3) is 9.67. The van der Waals surface area contributed by atoms with Crippen LogP contribution in [0.1, 0.15) is 39.7 Å². The van der Waals surface area contributed by atoms with Crippen LogP contribution in [0, 0.1) is 5.82 Å². The average molecular weight is 382 g/mol. The molecular weight excluding hydrogens is 351 g/mol. The van der Waals surface area contributed by atoms with Crippen LogP contribution in [0.2, 0.25) is 0 Å². The topological polar surface area (TPSA) is 84.0 Å². The van der Waals surface area contributed by atoms with Crippen molar-refractivity contribution in [2.45, 2.75) is 46.3 Å². The monoisotopic (exact) mass is 382 g/mol. The number of alkyl carbamates (subject to hydrolysis) is 1. The summed E-state index contributed by atoms with van der Waals surface area (Å²) < 4.78 is 23.8. The van der Waals surface area contributed by atoms with Crippen molar-refractivity contribution in [1.82, 2.24) is 16.0 Å². The van der Waals surface area contributed by atoms with Gasteiger partial charge in [0.25, 0.3) is 0 Å². The molecule has 0 aromatic heterocycles. The summed E-state index contributed by atoms with van der Waals surface area (Å²) in [7, 11) is 1.43. The van der Waals surface area contributed by atoms with E-state index < -0.39 is 17.5 Å². The summed E-state index contributed by atoms with van der Waals surface area (Å²) in [5.41, 5.74) is 0.241. The molecule has 0 bridgehead atoms. The number of rotatable bonds is 8. The van der Waals surface area contributed by atoms with Gasteiger partial charge in [-0.25, -0.2) is 14.2 Å². The quantitative estimate of drug-likeness (QED) is 0.366. The fourth-order valence-corrected chi connectivity index (χ4v) is 2.12. The lowest BCUT2D eigenvalue weighted by molar-refractivity contribution is 0.0527. The standard InChI is InChI=1S/C19H31FN4O3/c1-6-21-17(22-10-7-11-23-18(25)27-19(2,3)4)24-13-14-8-9-16(26-5)15(20)12-14/h8-9,12H,6-7,10-11,13H2,1-5H3,(H,23,25)(H2,21,22,24). The summed E-state index contributed by atoms with van der Waals surface area (Å²) in [5.74, 6) is 0.438. The van der Waals surface area contributed by atoms with E-state index in [2.05, 4.69) is 20.9 Å². The summed E-state index contributed by atoms with van der Waals surface area (Å²) in [6.45, 7) is 9.59. The highest BCUT2D eigenvalue weighted by atomic mass is 19.1. The van der Waals surface area contributed by atoms with Crippen LogP contribution in [0.4, 0.5) is 9.18 Å². The van der Waals surface area contributed by atoms with E-state index in [0.29, 0.717) is 38.6 Å². The molecule has 7 nitrogen and oxygen atoms in total. The van der Waals surface area contributed by atoms with Gasteiger partial charge in [-0.1, -0.05) is 6.07 Å². The van der Waals surface area contributed by atoms with Crippen molar-refractivity contribution >= 4 is 12.1 Å². The lowest BCUT2D eigenvalue weighted by Gasteiger charge is -2.19. The Balaban J connectivity index is 2.41. The number of methoxy groups -OCH3 is 1. The number of guanidine groups is 1. The lowest BCUT2D eigenvalue weighted by Crippen LogP contribution is -2.39. The zero-order chi connectivity index (χ0) is 20.3. The molecule has 0 fully saturated rings. The third-order valence-electron chi connectivity index (χ3n) is 3.29. The minimum atomic E-state index is -0.506. The third-order valence-corrected chi connectivity index (χ3v) is 3.29. The van der Waals surface area contributed by atoms with Gasteiger partial charge in [0.1, 0.15) is 5.60 Å². The van der Waals surface area contributed by atoms with Crippen LogP contribution in [-0.4, -0.2) is 44.4 Å². The Kier molecular flexibility index (Phi) is 9.39. The minimum absolute atomic E-state index is 0.213. The highest BCUT2D eigenvalue weighted by Gasteiger charge is 2.15. The molecular formula is C19H31FN4O3. The van der Waals surface area contributed by atoms with Crippen LogP contribution in [0.5, 0.6) is 5.75 Å². The molecule has 0 saturated carbocycles. The maximum atomic E-state index is 13.7. The highest BCUT2D eigenvalue weighted by Crippen LogP contribution is 2.18. The van der Waals surface area contributed by atoms with Gasteiger partial charge in [0.2, 0.25) is 0 Å². The summed E-state index contributed by atoms with van der Waals surface area (Å²) >= 11 is 0. The number of carbonyl (C=O) groups excluding carboxylic acids is 1. The smallest absolute Gasteiger partial charge is 0.407 e. The number of nitrogens with one attached hydrogen (secondary N) is 3. The zero-order valence-corrected chi connectivity index (χ0v) is 16.8. The normalized spacial score (nSPS) is 11.7. The van der Waals surface area contributed by atoms with Gasteiger partial charge in [-0.3, -0.25) is 0 Å². The molecule has 3 N–H and O–H groups in total. The number of hydrogen-bond acceptors (Lipinski definition) is 4. The van der Waals surface area contributed by atoms with Gasteiger partial charge >= 0.3 is 6.09 Å². The van der Waals surface area contributed by atoms with Crippen molar-refractivity contribution in [2.75, 3.05) is 26.7 Å². The van der Waals surface area contributed by atoms with Crippen molar-refractivity contribution in [3.8, 4) is 5.75 Å². The molecule has 0 saturated heterocycles. The summed E-state index contributed by atoms with van der Waals surface area (Å²) in [5, 5.41) is 9.01. The van der Waals surface area contributed by atoms with E-state index in [-0.39, 0.29) is 5.75 Å². The van der Waals surface area contributed by atoms with Gasteiger partial charge in [-0.05, 0) is 51.8 Å². The first kappa shape index (κ1) is 22.5. The maximum Gasteiger partial charge on any atom is 0.407 e. The van der Waals surface area contributed by atoms with Gasteiger partial charge in [0, 0.05) is 19.6 Å². The zero-order valence-electron chi connectivity index (χ0n) is 16.8. The first-order valence-corrected chi connectivity index (χ1v) is 9.06. The van der Waals surface area contributed by atoms with Crippen molar-refractivity contribution in [1.29, 1.82) is 0 Å². The second-order valence-electron chi connectivity index (χ2n) is 6.87. The van der Waals surface area contributed by atoms with Crippen molar-refractivity contribution in [3.05, 3.63) is 29.6 Å². The fourth-order valence-electron chi connectivity index (χ4n) is 2.12. The Morgan fingerprint density at radius 1 is 1.19 bits per heavy atom. The van der Waals surface area contributed by atoms with Crippen LogP contribution >= 0.6 is 0 Å². The van der Waals surface area contributed by atoms with Crippen molar-refractivity contribution < 1.29 is 18.7 Å². The molecule has 1 aromatic rings. The van der Waals surface area contributed by atoms with E-state index in [1.54, 1.807) is 12.1 Å². The van der Waals surface area contributed by atoms with Crippen LogP contribution in [-0.2, 0) is 11.3 Å². The molecule has 0 aliphatic rings. The number of nitrogens with zero attached hydrogens (tertiary/aromatic N) is 1. The fraction of sp³-hybridized carbons (Fsp3) is 0.579. The van der Waals surface area contributed by atoms with E-state index in [0.717, 1.165) is 5.56 Å². The predicted molar refractivity (Wildman–Crippen MR) is 105 cm³/mol. The molecule has 1 aromatic carbocycles. The number of ether oxygens (including phenoxy) is 2. The highest BCUT2D eigenvalue weighted by molar-refractivity contribution is 5.79. The summed E-state index contributed by atoms with van der Waals surface area (Å²) in [6.07, 6.45) is 0.283. The van der Waals surface area contributed by atoms with Crippen molar-refractivity contribution in [2.24, 2.45) is 4.99 Å². The Morgan fingerprint density at radius 3 is 2.48 bits per heavy atom. The lowest BCUT2D eigenvalue weighted by atomic mass is 10.2. The second kappa shape index (κ2) is 11.3. The van der Waals surface area contributed by atoms with Gasteiger partial charge in [-0.2, -0.15) is 0 Å². The maximum absolute atomic E-state index is 13.7. The Hall–Kier alpha value is -2.51. The van der Waals surface area contributed by atoms with Crippen molar-refractivity contribution in [3.63, 3.8) is 0 Å². The second-order valence-corrected chi connectivity index (χ2v) is 6.87. The number of hydrogen-bond donors (Lipinski definition) is 3. The molecule has 1 amide bonds. The van der Waals surface area contributed by atoms with E-state index >= 15 is 0 Å². The van der Waals surface area contributed by atoms with Gasteiger partial charge in [-0.15, -0.1) is 0 Å². The molecule has 27 heavy (non-hydrogen) atoms. The van der Waals surface area contributed by atoms with Crippen LogP contribution in [0.15, 0.2) is 23.2 Å². The molecule has 8 heteroatoms. The van der Waals surface area contributed by atoms with E-state index in [9.17, 15) is 9.18 Å². The largest absolute Gasteiger partial charge is 0.494 e. The van der Waals surface area contributed by atoms with Gasteiger partial charge < -0.3 is 25.4 Å². The molecule has 0 atom stereocenters. The van der Waals surface area contributed by atoms with E-state index in [1.165, 1.54) is 13.2 Å². The van der Waals surface area contributed by atoms with Gasteiger partial charge in [0.15, 0.2) is 17.5 Å². The number of benzene rings is 1. The number of amides is 1. The summed E-state index contributed by atoms with van der Waals surface area (Å²) in [6, 6.07) is 4.78. The Labute approximate surface area is 160 Å². The summed E-state index contributed by atoms with van der Waals surface area (Å²) in [4.78, 5) is 16.0. The first-order valence-electron chi connectivity index (χ1n) is 9.06. The van der Waals surface area contributed by atoms with Gasteiger partial charge in [0.05, 0.1) is 13.7 Å². The number of carbonyl (C=O) groups is 1. The molecule has 1 rings (SSSR count). The predicted octanol–water partition coefficient (Wildman–Crippen LogP) is 2.80. The Morgan fingerprint density at radius 2 is 1.89 bits per heavy atom. The van der Waals surface area contributed by atoms with E-state index in [1.807, 2.05) is 27.7 Å². The molecule has 0 unspecified atom stereocenters. The first-order chi connectivity index (χ1) is 12.7. The molecule has 0 radical (unpaired) electrons. The van der Waals surface area contributed by atoms with Crippen LogP contribution < -0.4 is 20.7 Å². The SMILES string of the molecule is CCNC(=NCc1ccc(OC)c(F)c1)NCCCNC(=O)OC(C)(C)C. The average Bonchev–Trinajstić information content (AvgIpc) is 2.57. The molecule has 0 aliphatic heterocycles. The molecule has 0 heterocycles. The molecule has 152 valence electrons. The van der Waals surface area contributed by atoms with Crippen LogP contribution in [0.25, 0.3) is 0 Å².